The molecule has 0 spiro atoms. The number of aryl methyl sites for hydroxylation is 1. The van der Waals surface area contributed by atoms with Crippen LogP contribution >= 0.6 is 11.3 Å². The van der Waals surface area contributed by atoms with E-state index in [1.165, 1.54) is 10.9 Å². The SMILES string of the molecule is CCC(C)OC(=O)Cn1cnc2sc(C(=O)OC(C)C)c(C)c2c1=O. The first-order chi connectivity index (χ1) is 11.7. The predicted octanol–water partition coefficient (Wildman–Crippen LogP) is 2.67. The molecule has 1 unspecified atom stereocenters. The zero-order valence-corrected chi connectivity index (χ0v) is 15.8. The van der Waals surface area contributed by atoms with Crippen LogP contribution in [0.1, 0.15) is 49.4 Å². The van der Waals surface area contributed by atoms with E-state index in [1.54, 1.807) is 27.7 Å². The van der Waals surface area contributed by atoms with E-state index in [9.17, 15) is 14.4 Å². The van der Waals surface area contributed by atoms with Gasteiger partial charge in [0.2, 0.25) is 0 Å². The number of rotatable bonds is 6. The lowest BCUT2D eigenvalue weighted by atomic mass is 10.2. The number of esters is 2. The van der Waals surface area contributed by atoms with Gasteiger partial charge < -0.3 is 9.47 Å². The average Bonchev–Trinajstić information content (AvgIpc) is 2.87. The second-order valence-corrected chi connectivity index (χ2v) is 7.08. The molecule has 0 amide bonds. The van der Waals surface area contributed by atoms with Crippen molar-refractivity contribution in [2.24, 2.45) is 0 Å². The molecule has 2 rings (SSSR count). The lowest BCUT2D eigenvalue weighted by Gasteiger charge is -2.11. The average molecular weight is 366 g/mol. The quantitative estimate of drug-likeness (QED) is 0.731. The van der Waals surface area contributed by atoms with Crippen LogP contribution in [0.25, 0.3) is 10.2 Å². The Morgan fingerprint density at radius 2 is 1.96 bits per heavy atom. The molecule has 0 saturated heterocycles. The first-order valence-corrected chi connectivity index (χ1v) is 8.95. The smallest absolute Gasteiger partial charge is 0.348 e. The van der Waals surface area contributed by atoms with Crippen molar-refractivity contribution in [3.8, 4) is 0 Å². The Kier molecular flexibility index (Phi) is 5.94. The summed E-state index contributed by atoms with van der Waals surface area (Å²) >= 11 is 1.11. The minimum absolute atomic E-state index is 0.208. The van der Waals surface area contributed by atoms with Gasteiger partial charge in [-0.3, -0.25) is 14.2 Å². The summed E-state index contributed by atoms with van der Waals surface area (Å²) in [6.07, 6.45) is 1.54. The van der Waals surface area contributed by atoms with Crippen molar-refractivity contribution in [1.29, 1.82) is 0 Å². The summed E-state index contributed by atoms with van der Waals surface area (Å²) < 4.78 is 11.6. The normalized spacial score (nSPS) is 12.4. The van der Waals surface area contributed by atoms with E-state index >= 15 is 0 Å². The number of hydrogen-bond acceptors (Lipinski definition) is 7. The van der Waals surface area contributed by atoms with Crippen molar-refractivity contribution in [1.82, 2.24) is 9.55 Å². The Morgan fingerprint density at radius 1 is 1.28 bits per heavy atom. The summed E-state index contributed by atoms with van der Waals surface area (Å²) in [5, 5.41) is 0.333. The summed E-state index contributed by atoms with van der Waals surface area (Å²) in [5.41, 5.74) is 0.149. The van der Waals surface area contributed by atoms with Gasteiger partial charge in [-0.1, -0.05) is 6.92 Å². The van der Waals surface area contributed by atoms with Gasteiger partial charge in [0.25, 0.3) is 5.56 Å². The number of carbonyl (C=O) groups is 2. The van der Waals surface area contributed by atoms with Gasteiger partial charge in [0, 0.05) is 0 Å². The first kappa shape index (κ1) is 19.1. The van der Waals surface area contributed by atoms with E-state index in [0.717, 1.165) is 11.3 Å². The second kappa shape index (κ2) is 7.77. The topological polar surface area (TPSA) is 87.5 Å². The Balaban J connectivity index is 2.36. The highest BCUT2D eigenvalue weighted by Crippen LogP contribution is 2.27. The third-order valence-corrected chi connectivity index (χ3v) is 4.83. The van der Waals surface area contributed by atoms with Crippen molar-refractivity contribution < 1.29 is 19.1 Å². The largest absolute Gasteiger partial charge is 0.461 e. The molecule has 0 fully saturated rings. The fourth-order valence-corrected chi connectivity index (χ4v) is 3.24. The molecule has 136 valence electrons. The number of ether oxygens (including phenoxy) is 2. The van der Waals surface area contributed by atoms with E-state index in [0.29, 0.717) is 27.1 Å². The number of carbonyl (C=O) groups excluding carboxylic acids is 2. The van der Waals surface area contributed by atoms with Crippen molar-refractivity contribution in [3.05, 3.63) is 27.1 Å². The van der Waals surface area contributed by atoms with E-state index < -0.39 is 11.9 Å². The molecule has 2 aromatic heterocycles. The van der Waals surface area contributed by atoms with Gasteiger partial charge in [0.05, 0.1) is 23.9 Å². The van der Waals surface area contributed by atoms with E-state index in [2.05, 4.69) is 4.98 Å². The fraction of sp³-hybridized carbons (Fsp3) is 0.529. The summed E-state index contributed by atoms with van der Waals surface area (Å²) in [6, 6.07) is 0. The monoisotopic (exact) mass is 366 g/mol. The standard InChI is InChI=1S/C17H22N2O5S/c1-6-10(4)24-12(20)7-19-8-18-15-13(16(19)21)11(5)14(25-15)17(22)23-9(2)3/h8-10H,6-7H2,1-5H3. The van der Waals surface area contributed by atoms with Gasteiger partial charge in [0.15, 0.2) is 0 Å². The van der Waals surface area contributed by atoms with E-state index in [1.807, 2.05) is 6.92 Å². The minimum atomic E-state index is -0.495. The molecule has 0 radical (unpaired) electrons. The first-order valence-electron chi connectivity index (χ1n) is 8.13. The summed E-state index contributed by atoms with van der Waals surface area (Å²) in [4.78, 5) is 41.7. The lowest BCUT2D eigenvalue weighted by Crippen LogP contribution is -2.27. The molecule has 2 heterocycles. The van der Waals surface area contributed by atoms with Crippen molar-refractivity contribution >= 4 is 33.5 Å². The van der Waals surface area contributed by atoms with Gasteiger partial charge >= 0.3 is 11.9 Å². The Morgan fingerprint density at radius 3 is 2.56 bits per heavy atom. The van der Waals surface area contributed by atoms with Gasteiger partial charge in [-0.15, -0.1) is 11.3 Å². The molecule has 0 aromatic carbocycles. The third-order valence-electron chi connectivity index (χ3n) is 3.65. The van der Waals surface area contributed by atoms with Crippen molar-refractivity contribution in [2.75, 3.05) is 0 Å². The van der Waals surface area contributed by atoms with Crippen LogP contribution in [0.15, 0.2) is 11.1 Å². The third kappa shape index (κ3) is 4.25. The zero-order valence-electron chi connectivity index (χ0n) is 15.0. The number of nitrogens with zero attached hydrogens (tertiary/aromatic N) is 2. The van der Waals surface area contributed by atoms with Gasteiger partial charge in [-0.05, 0) is 39.7 Å². The van der Waals surface area contributed by atoms with Crippen molar-refractivity contribution in [2.45, 2.75) is 59.8 Å². The molecule has 1 atom stereocenters. The highest BCUT2D eigenvalue weighted by atomic mass is 32.1. The minimum Gasteiger partial charge on any atom is -0.461 e. The number of aromatic nitrogens is 2. The van der Waals surface area contributed by atoms with Crippen LogP contribution in [0.5, 0.6) is 0 Å². The van der Waals surface area contributed by atoms with Crippen LogP contribution in [0, 0.1) is 6.92 Å². The maximum atomic E-state index is 12.7. The molecule has 25 heavy (non-hydrogen) atoms. The summed E-state index contributed by atoms with van der Waals surface area (Å²) in [7, 11) is 0. The molecule has 7 nitrogen and oxygen atoms in total. The molecule has 2 aromatic rings. The lowest BCUT2D eigenvalue weighted by molar-refractivity contribution is -0.149. The Bertz CT molecular complexity index is 853. The number of thiophene rings is 1. The molecule has 0 N–H and O–H groups in total. The summed E-state index contributed by atoms with van der Waals surface area (Å²) in [6.45, 7) is 8.68. The van der Waals surface area contributed by atoms with Gasteiger partial charge in [0.1, 0.15) is 16.3 Å². The van der Waals surface area contributed by atoms with Gasteiger partial charge in [-0.2, -0.15) is 0 Å². The zero-order chi connectivity index (χ0) is 18.7. The maximum Gasteiger partial charge on any atom is 0.348 e. The molecule has 0 aliphatic carbocycles. The molecular formula is C17H22N2O5S. The predicted molar refractivity (Wildman–Crippen MR) is 95.0 cm³/mol. The van der Waals surface area contributed by atoms with Crippen LogP contribution in [0.2, 0.25) is 0 Å². The molecule has 8 heteroatoms. The number of fused-ring (bicyclic) bond motifs is 1. The van der Waals surface area contributed by atoms with E-state index in [4.69, 9.17) is 9.47 Å². The van der Waals surface area contributed by atoms with Crippen LogP contribution in [0.4, 0.5) is 0 Å². The molecular weight excluding hydrogens is 344 g/mol. The Hall–Kier alpha value is -2.22. The van der Waals surface area contributed by atoms with Crippen LogP contribution in [-0.2, 0) is 20.8 Å². The second-order valence-electron chi connectivity index (χ2n) is 6.08. The molecule has 0 bridgehead atoms. The van der Waals surface area contributed by atoms with Crippen LogP contribution < -0.4 is 5.56 Å². The van der Waals surface area contributed by atoms with Gasteiger partial charge in [-0.25, -0.2) is 9.78 Å². The molecule has 0 saturated carbocycles. The van der Waals surface area contributed by atoms with Crippen LogP contribution in [-0.4, -0.2) is 33.7 Å². The highest BCUT2D eigenvalue weighted by molar-refractivity contribution is 7.20. The Labute approximate surface area is 149 Å². The molecule has 0 aliphatic rings. The highest BCUT2D eigenvalue weighted by Gasteiger charge is 2.22. The van der Waals surface area contributed by atoms with E-state index in [-0.39, 0.29) is 24.3 Å². The fourth-order valence-electron chi connectivity index (χ4n) is 2.22. The molecule has 0 aliphatic heterocycles. The van der Waals surface area contributed by atoms with Crippen molar-refractivity contribution in [3.63, 3.8) is 0 Å². The van der Waals surface area contributed by atoms with Crippen LogP contribution in [0.3, 0.4) is 0 Å². The summed E-state index contributed by atoms with van der Waals surface area (Å²) in [5.74, 6) is -0.970. The number of hydrogen-bond donors (Lipinski definition) is 0. The maximum absolute atomic E-state index is 12.7.